The van der Waals surface area contributed by atoms with E-state index in [0.717, 1.165) is 50.6 Å². The van der Waals surface area contributed by atoms with Gasteiger partial charge >= 0.3 is 0 Å². The lowest BCUT2D eigenvalue weighted by Crippen LogP contribution is -2.45. The highest BCUT2D eigenvalue weighted by atomic mass is 16.5. The third kappa shape index (κ3) is 5.68. The molecule has 0 radical (unpaired) electrons. The molecule has 1 aromatic heterocycles. The largest absolute Gasteiger partial charge is 0.441 e. The predicted molar refractivity (Wildman–Crippen MR) is 99.7 cm³/mol. The molecule has 2 aromatic rings. The molecule has 1 amide bonds. The van der Waals surface area contributed by atoms with E-state index in [0.29, 0.717) is 18.7 Å². The zero-order valence-corrected chi connectivity index (χ0v) is 15.3. The highest BCUT2D eigenvalue weighted by molar-refractivity contribution is 5.76. The number of rotatable bonds is 8. The van der Waals surface area contributed by atoms with E-state index in [1.807, 2.05) is 37.3 Å². The Bertz CT molecular complexity index is 681. The van der Waals surface area contributed by atoms with Crippen LogP contribution in [0, 0.1) is 0 Å². The van der Waals surface area contributed by atoms with Gasteiger partial charge in [0.1, 0.15) is 0 Å². The Kier molecular flexibility index (Phi) is 6.80. The van der Waals surface area contributed by atoms with Crippen LogP contribution in [0.2, 0.25) is 0 Å². The van der Waals surface area contributed by atoms with Crippen LogP contribution in [-0.4, -0.2) is 54.7 Å². The Balaban J connectivity index is 1.36. The number of nitrogens with one attached hydrogen (secondary N) is 1. The van der Waals surface area contributed by atoms with Crippen molar-refractivity contribution in [3.05, 3.63) is 42.4 Å². The summed E-state index contributed by atoms with van der Waals surface area (Å²) < 4.78 is 11.1. The van der Waals surface area contributed by atoms with Gasteiger partial charge in [0.15, 0.2) is 11.7 Å². The van der Waals surface area contributed by atoms with Crippen LogP contribution in [0.5, 0.6) is 0 Å². The van der Waals surface area contributed by atoms with Crippen molar-refractivity contribution in [2.45, 2.75) is 32.2 Å². The van der Waals surface area contributed by atoms with Crippen molar-refractivity contribution in [1.82, 2.24) is 15.2 Å². The second kappa shape index (κ2) is 9.50. The first-order chi connectivity index (χ1) is 12.7. The number of benzene rings is 1. The van der Waals surface area contributed by atoms with Crippen molar-refractivity contribution in [2.24, 2.45) is 0 Å². The van der Waals surface area contributed by atoms with Gasteiger partial charge in [-0.1, -0.05) is 30.3 Å². The SMILES string of the molecule is CC(CN1CCOCC1)NC(=O)CCCc1ncc(-c2ccccc2)o1. The van der Waals surface area contributed by atoms with Gasteiger partial charge in [-0.05, 0) is 13.3 Å². The van der Waals surface area contributed by atoms with E-state index in [4.69, 9.17) is 9.15 Å². The third-order valence-electron chi connectivity index (χ3n) is 4.45. The van der Waals surface area contributed by atoms with Gasteiger partial charge in [0.2, 0.25) is 5.91 Å². The van der Waals surface area contributed by atoms with E-state index in [1.165, 1.54) is 0 Å². The van der Waals surface area contributed by atoms with Crippen molar-refractivity contribution >= 4 is 5.91 Å². The van der Waals surface area contributed by atoms with Crippen molar-refractivity contribution < 1.29 is 13.9 Å². The average Bonchev–Trinajstić information content (AvgIpc) is 3.12. The number of ether oxygens (including phenoxy) is 1. The van der Waals surface area contributed by atoms with Crippen LogP contribution in [-0.2, 0) is 16.0 Å². The van der Waals surface area contributed by atoms with E-state index in [1.54, 1.807) is 6.20 Å². The summed E-state index contributed by atoms with van der Waals surface area (Å²) in [7, 11) is 0. The maximum atomic E-state index is 12.1. The van der Waals surface area contributed by atoms with Gasteiger partial charge in [-0.3, -0.25) is 9.69 Å². The molecule has 6 heteroatoms. The maximum Gasteiger partial charge on any atom is 0.220 e. The smallest absolute Gasteiger partial charge is 0.220 e. The Hall–Kier alpha value is -2.18. The molecule has 0 bridgehead atoms. The summed E-state index contributed by atoms with van der Waals surface area (Å²) in [6.07, 6.45) is 3.62. The van der Waals surface area contributed by atoms with Crippen LogP contribution < -0.4 is 5.32 Å². The molecule has 1 aromatic carbocycles. The summed E-state index contributed by atoms with van der Waals surface area (Å²) in [4.78, 5) is 18.7. The van der Waals surface area contributed by atoms with Gasteiger partial charge in [-0.25, -0.2) is 4.98 Å². The second-order valence-electron chi connectivity index (χ2n) is 6.72. The molecule has 6 nitrogen and oxygen atoms in total. The van der Waals surface area contributed by atoms with Gasteiger partial charge in [0.05, 0.1) is 19.4 Å². The minimum absolute atomic E-state index is 0.0839. The first kappa shape index (κ1) is 18.6. The highest BCUT2D eigenvalue weighted by Gasteiger charge is 2.15. The van der Waals surface area contributed by atoms with Crippen molar-refractivity contribution in [3.8, 4) is 11.3 Å². The maximum absolute atomic E-state index is 12.1. The minimum atomic E-state index is 0.0839. The highest BCUT2D eigenvalue weighted by Crippen LogP contribution is 2.20. The van der Waals surface area contributed by atoms with E-state index in [2.05, 4.69) is 15.2 Å². The quantitative estimate of drug-likeness (QED) is 0.786. The Morgan fingerprint density at radius 2 is 2.04 bits per heavy atom. The number of morpholine rings is 1. The van der Waals surface area contributed by atoms with Gasteiger partial charge in [0, 0.05) is 44.1 Å². The number of oxazole rings is 1. The number of nitrogens with zero attached hydrogens (tertiary/aromatic N) is 2. The molecule has 1 saturated heterocycles. The molecule has 140 valence electrons. The topological polar surface area (TPSA) is 67.6 Å². The molecule has 1 aliphatic rings. The van der Waals surface area contributed by atoms with Gasteiger partial charge in [-0.2, -0.15) is 0 Å². The Morgan fingerprint density at radius 3 is 2.81 bits per heavy atom. The van der Waals surface area contributed by atoms with Crippen LogP contribution in [0.4, 0.5) is 0 Å². The molecule has 0 spiro atoms. The number of carbonyl (C=O) groups is 1. The fourth-order valence-corrected chi connectivity index (χ4v) is 3.13. The van der Waals surface area contributed by atoms with Gasteiger partial charge < -0.3 is 14.5 Å². The standard InChI is InChI=1S/C20H27N3O3/c1-16(15-23-10-12-25-13-11-23)22-19(24)8-5-9-20-21-14-18(26-20)17-6-3-2-4-7-17/h2-4,6-7,14,16H,5,8-13,15H2,1H3,(H,22,24). The van der Waals surface area contributed by atoms with Crippen LogP contribution in [0.1, 0.15) is 25.7 Å². The summed E-state index contributed by atoms with van der Waals surface area (Å²) in [5.74, 6) is 1.53. The molecular weight excluding hydrogens is 330 g/mol. The zero-order chi connectivity index (χ0) is 18.2. The molecular formula is C20H27N3O3. The van der Waals surface area contributed by atoms with Crippen LogP contribution in [0.25, 0.3) is 11.3 Å². The van der Waals surface area contributed by atoms with E-state index in [-0.39, 0.29) is 11.9 Å². The fraction of sp³-hybridized carbons (Fsp3) is 0.500. The summed E-state index contributed by atoms with van der Waals surface area (Å²) >= 11 is 0. The van der Waals surface area contributed by atoms with Gasteiger partial charge in [0.25, 0.3) is 0 Å². The number of hydrogen-bond donors (Lipinski definition) is 1. The van der Waals surface area contributed by atoms with Crippen LogP contribution in [0.15, 0.2) is 40.9 Å². The normalized spacial score (nSPS) is 16.3. The third-order valence-corrected chi connectivity index (χ3v) is 4.45. The average molecular weight is 357 g/mol. The molecule has 1 N–H and O–H groups in total. The Morgan fingerprint density at radius 1 is 1.27 bits per heavy atom. The number of amides is 1. The monoisotopic (exact) mass is 357 g/mol. The van der Waals surface area contributed by atoms with Crippen LogP contribution >= 0.6 is 0 Å². The molecule has 0 aliphatic carbocycles. The first-order valence-corrected chi connectivity index (χ1v) is 9.30. The summed E-state index contributed by atoms with van der Waals surface area (Å²) in [5.41, 5.74) is 1.01. The molecule has 1 fully saturated rings. The molecule has 2 heterocycles. The van der Waals surface area contributed by atoms with E-state index < -0.39 is 0 Å². The van der Waals surface area contributed by atoms with Crippen molar-refractivity contribution in [2.75, 3.05) is 32.8 Å². The fourth-order valence-electron chi connectivity index (χ4n) is 3.13. The van der Waals surface area contributed by atoms with Crippen LogP contribution in [0.3, 0.4) is 0 Å². The molecule has 0 saturated carbocycles. The number of aromatic nitrogens is 1. The van der Waals surface area contributed by atoms with Crippen molar-refractivity contribution in [1.29, 1.82) is 0 Å². The number of aryl methyl sites for hydroxylation is 1. The minimum Gasteiger partial charge on any atom is -0.441 e. The lowest BCUT2D eigenvalue weighted by atomic mass is 10.2. The van der Waals surface area contributed by atoms with E-state index in [9.17, 15) is 4.79 Å². The predicted octanol–water partition coefficient (Wildman–Crippen LogP) is 2.50. The van der Waals surface area contributed by atoms with E-state index >= 15 is 0 Å². The lowest BCUT2D eigenvalue weighted by molar-refractivity contribution is -0.122. The lowest BCUT2D eigenvalue weighted by Gasteiger charge is -2.29. The van der Waals surface area contributed by atoms with Gasteiger partial charge in [-0.15, -0.1) is 0 Å². The first-order valence-electron chi connectivity index (χ1n) is 9.30. The molecule has 26 heavy (non-hydrogen) atoms. The Labute approximate surface area is 154 Å². The molecule has 1 aliphatic heterocycles. The summed E-state index contributed by atoms with van der Waals surface area (Å²) in [5, 5.41) is 3.07. The van der Waals surface area contributed by atoms with Crippen molar-refractivity contribution in [3.63, 3.8) is 0 Å². The zero-order valence-electron chi connectivity index (χ0n) is 15.3. The second-order valence-corrected chi connectivity index (χ2v) is 6.72. The summed E-state index contributed by atoms with van der Waals surface area (Å²) in [6, 6.07) is 10.0. The molecule has 3 rings (SSSR count). The summed E-state index contributed by atoms with van der Waals surface area (Å²) in [6.45, 7) is 6.36. The molecule has 1 atom stereocenters. The number of hydrogen-bond acceptors (Lipinski definition) is 5. The molecule has 1 unspecified atom stereocenters. The number of carbonyl (C=O) groups excluding carboxylic acids is 1.